The first-order valence-corrected chi connectivity index (χ1v) is 6.88. The zero-order valence-corrected chi connectivity index (χ0v) is 11.3. The molecule has 3 rings (SSSR count). The molecule has 0 saturated carbocycles. The highest BCUT2D eigenvalue weighted by molar-refractivity contribution is 6.20. The van der Waals surface area contributed by atoms with Crippen LogP contribution in [0.25, 0.3) is 10.9 Å². The van der Waals surface area contributed by atoms with Gasteiger partial charge in [-0.05, 0) is 37.6 Å². The Morgan fingerprint density at radius 1 is 1.39 bits per heavy atom. The first-order chi connectivity index (χ1) is 8.72. The normalized spacial score (nSPS) is 20.7. The van der Waals surface area contributed by atoms with Crippen molar-refractivity contribution in [3.63, 3.8) is 0 Å². The maximum absolute atomic E-state index is 6.17. The molecule has 2 heterocycles. The monoisotopic (exact) mass is 260 g/mol. The first-order valence-electron chi connectivity index (χ1n) is 6.44. The van der Waals surface area contributed by atoms with Crippen molar-refractivity contribution in [2.45, 2.75) is 25.3 Å². The lowest BCUT2D eigenvalue weighted by Gasteiger charge is -2.16. The third-order valence-corrected chi connectivity index (χ3v) is 3.89. The van der Waals surface area contributed by atoms with Gasteiger partial charge in [0.15, 0.2) is 0 Å². The molecule has 1 aliphatic heterocycles. The van der Waals surface area contributed by atoms with Gasteiger partial charge in [-0.25, -0.2) is 0 Å². The maximum Gasteiger partial charge on any atom is 0.0708 e. The largest absolute Gasteiger partial charge is 0.298 e. The van der Waals surface area contributed by atoms with Gasteiger partial charge in [0, 0.05) is 29.5 Å². The quantitative estimate of drug-likeness (QED) is 0.770. The number of rotatable bonds is 2. The molecule has 1 fully saturated rings. The molecule has 1 aromatic carbocycles. The predicted octanol–water partition coefficient (Wildman–Crippen LogP) is 3.36. The van der Waals surface area contributed by atoms with Crippen LogP contribution >= 0.6 is 11.6 Å². The zero-order valence-electron chi connectivity index (χ0n) is 10.6. The molecule has 0 aliphatic carbocycles. The van der Waals surface area contributed by atoms with E-state index in [9.17, 15) is 0 Å². The second-order valence-corrected chi connectivity index (χ2v) is 5.68. The Balaban J connectivity index is 1.95. The highest BCUT2D eigenvalue weighted by Gasteiger charge is 2.20. The number of halogens is 1. The van der Waals surface area contributed by atoms with Crippen molar-refractivity contribution < 1.29 is 0 Å². The number of fused-ring (bicyclic) bond motifs is 1. The van der Waals surface area contributed by atoms with Gasteiger partial charge in [-0.3, -0.25) is 9.88 Å². The number of nitrogens with zero attached hydrogens (tertiary/aromatic N) is 2. The molecule has 0 N–H and O–H groups in total. The van der Waals surface area contributed by atoms with Crippen molar-refractivity contribution in [2.75, 3.05) is 13.1 Å². The summed E-state index contributed by atoms with van der Waals surface area (Å²) >= 11 is 6.17. The lowest BCUT2D eigenvalue weighted by atomic mass is 10.1. The van der Waals surface area contributed by atoms with E-state index in [0.29, 0.717) is 5.38 Å². The summed E-state index contributed by atoms with van der Waals surface area (Å²) in [5.74, 6) is 0. The molecule has 0 amide bonds. The van der Waals surface area contributed by atoms with E-state index in [1.165, 1.54) is 10.9 Å². The Kier molecular flexibility index (Phi) is 3.23. The van der Waals surface area contributed by atoms with Crippen molar-refractivity contribution in [1.29, 1.82) is 0 Å². The number of hydrogen-bond donors (Lipinski definition) is 0. The lowest BCUT2D eigenvalue weighted by molar-refractivity contribution is 0.333. The van der Waals surface area contributed by atoms with Gasteiger partial charge in [0.25, 0.3) is 0 Å². The van der Waals surface area contributed by atoms with Crippen LogP contribution in [0.2, 0.25) is 0 Å². The summed E-state index contributed by atoms with van der Waals surface area (Å²) in [6.07, 6.45) is 1.10. The van der Waals surface area contributed by atoms with E-state index in [2.05, 4.69) is 41.1 Å². The van der Waals surface area contributed by atoms with E-state index in [-0.39, 0.29) is 0 Å². The van der Waals surface area contributed by atoms with Gasteiger partial charge in [0.2, 0.25) is 0 Å². The minimum atomic E-state index is 0.319. The Morgan fingerprint density at radius 3 is 3.00 bits per heavy atom. The fraction of sp³-hybridized carbons (Fsp3) is 0.400. The standard InChI is InChI=1S/C15H17ClN2/c1-11-8-12(9-18-7-6-13(16)10-18)14-4-2-3-5-15(14)17-11/h2-5,8,13H,6-7,9-10H2,1H3. The second kappa shape index (κ2) is 4.87. The SMILES string of the molecule is Cc1cc(CN2CCC(Cl)C2)c2ccccc2n1. The molecule has 0 radical (unpaired) electrons. The van der Waals surface area contributed by atoms with E-state index in [1.807, 2.05) is 6.07 Å². The van der Waals surface area contributed by atoms with Gasteiger partial charge in [0.1, 0.15) is 0 Å². The number of hydrogen-bond acceptors (Lipinski definition) is 2. The lowest BCUT2D eigenvalue weighted by Crippen LogP contribution is -2.20. The topological polar surface area (TPSA) is 16.1 Å². The molecule has 18 heavy (non-hydrogen) atoms. The molecule has 1 saturated heterocycles. The van der Waals surface area contributed by atoms with E-state index >= 15 is 0 Å². The molecule has 2 nitrogen and oxygen atoms in total. The van der Waals surface area contributed by atoms with Crippen molar-refractivity contribution >= 4 is 22.5 Å². The highest BCUT2D eigenvalue weighted by Crippen LogP contribution is 2.23. The molecule has 0 spiro atoms. The number of likely N-dealkylation sites (tertiary alicyclic amines) is 1. The Morgan fingerprint density at radius 2 is 2.22 bits per heavy atom. The maximum atomic E-state index is 6.17. The van der Waals surface area contributed by atoms with E-state index in [1.54, 1.807) is 0 Å². The highest BCUT2D eigenvalue weighted by atomic mass is 35.5. The summed E-state index contributed by atoms with van der Waals surface area (Å²) in [5.41, 5.74) is 3.54. The molecule has 0 bridgehead atoms. The van der Waals surface area contributed by atoms with Crippen molar-refractivity contribution in [3.05, 3.63) is 41.6 Å². The molecular weight excluding hydrogens is 244 g/mol. The zero-order chi connectivity index (χ0) is 12.5. The van der Waals surface area contributed by atoms with Crippen LogP contribution in [0.3, 0.4) is 0 Å². The minimum Gasteiger partial charge on any atom is -0.298 e. The molecule has 1 aromatic heterocycles. The smallest absolute Gasteiger partial charge is 0.0708 e. The third-order valence-electron chi connectivity index (χ3n) is 3.54. The van der Waals surface area contributed by atoms with Gasteiger partial charge in [-0.1, -0.05) is 18.2 Å². The number of benzene rings is 1. The van der Waals surface area contributed by atoms with E-state index in [0.717, 1.165) is 37.3 Å². The summed E-state index contributed by atoms with van der Waals surface area (Å²) < 4.78 is 0. The average Bonchev–Trinajstić information content (AvgIpc) is 2.74. The van der Waals surface area contributed by atoms with E-state index < -0.39 is 0 Å². The van der Waals surface area contributed by atoms with Crippen LogP contribution in [-0.4, -0.2) is 28.4 Å². The third kappa shape index (κ3) is 2.36. The summed E-state index contributed by atoms with van der Waals surface area (Å²) in [7, 11) is 0. The molecule has 2 aromatic rings. The second-order valence-electron chi connectivity index (χ2n) is 5.06. The summed E-state index contributed by atoms with van der Waals surface area (Å²) in [4.78, 5) is 7.01. The predicted molar refractivity (Wildman–Crippen MR) is 76.0 cm³/mol. The summed E-state index contributed by atoms with van der Waals surface area (Å²) in [6.45, 7) is 5.14. The Hall–Kier alpha value is -1.12. The van der Waals surface area contributed by atoms with Crippen LogP contribution in [0.4, 0.5) is 0 Å². The van der Waals surface area contributed by atoms with Crippen molar-refractivity contribution in [3.8, 4) is 0 Å². The summed E-state index contributed by atoms with van der Waals surface area (Å²) in [6, 6.07) is 10.6. The Labute approximate surface area is 113 Å². The molecule has 1 atom stereocenters. The molecule has 1 aliphatic rings. The number of alkyl halides is 1. The molecule has 1 unspecified atom stereocenters. The fourth-order valence-corrected chi connectivity index (χ4v) is 2.99. The van der Waals surface area contributed by atoms with Gasteiger partial charge < -0.3 is 0 Å². The van der Waals surface area contributed by atoms with Crippen molar-refractivity contribution in [2.24, 2.45) is 0 Å². The van der Waals surface area contributed by atoms with Crippen molar-refractivity contribution in [1.82, 2.24) is 9.88 Å². The van der Waals surface area contributed by atoms with Gasteiger partial charge >= 0.3 is 0 Å². The number of para-hydroxylation sites is 1. The van der Waals surface area contributed by atoms with Crippen LogP contribution in [0.5, 0.6) is 0 Å². The van der Waals surface area contributed by atoms with Crippen LogP contribution in [-0.2, 0) is 6.54 Å². The Bertz CT molecular complexity index is 567. The van der Waals surface area contributed by atoms with Gasteiger partial charge in [-0.15, -0.1) is 11.6 Å². The number of pyridine rings is 1. The van der Waals surface area contributed by atoms with Crippen LogP contribution in [0, 0.1) is 6.92 Å². The van der Waals surface area contributed by atoms with Crippen LogP contribution in [0.1, 0.15) is 17.7 Å². The van der Waals surface area contributed by atoms with Gasteiger partial charge in [-0.2, -0.15) is 0 Å². The number of aromatic nitrogens is 1. The average molecular weight is 261 g/mol. The first kappa shape index (κ1) is 11.9. The molecule has 3 heteroatoms. The minimum absolute atomic E-state index is 0.319. The van der Waals surface area contributed by atoms with Crippen LogP contribution < -0.4 is 0 Å². The van der Waals surface area contributed by atoms with E-state index in [4.69, 9.17) is 11.6 Å². The van der Waals surface area contributed by atoms with Gasteiger partial charge in [0.05, 0.1) is 5.52 Å². The summed E-state index contributed by atoms with van der Waals surface area (Å²) in [5, 5.41) is 1.58. The van der Waals surface area contributed by atoms with Crippen LogP contribution in [0.15, 0.2) is 30.3 Å². The molecular formula is C15H17ClN2. The molecule has 94 valence electrons. The fourth-order valence-electron chi connectivity index (χ4n) is 2.70. The number of aryl methyl sites for hydroxylation is 1.